The Morgan fingerprint density at radius 2 is 1.88 bits per heavy atom. The van der Waals surface area contributed by atoms with Crippen molar-refractivity contribution in [3.05, 3.63) is 65.9 Å². The van der Waals surface area contributed by atoms with Crippen molar-refractivity contribution in [2.24, 2.45) is 4.99 Å². The monoisotopic (exact) mass is 350 g/mol. The van der Waals surface area contributed by atoms with Crippen LogP contribution in [0.25, 0.3) is 6.08 Å². The molecule has 0 aliphatic carbocycles. The van der Waals surface area contributed by atoms with Crippen LogP contribution < -0.4 is 4.74 Å². The SMILES string of the molecule is O=C1/C(=C/c2cccc(Oc3ccccc3)c2)N=C2SCCCCN12. The Bertz CT molecular complexity index is 846. The van der Waals surface area contributed by atoms with Crippen LogP contribution in [0.3, 0.4) is 0 Å². The van der Waals surface area contributed by atoms with Crippen molar-refractivity contribution in [1.29, 1.82) is 0 Å². The van der Waals surface area contributed by atoms with E-state index in [1.165, 1.54) is 0 Å². The van der Waals surface area contributed by atoms with Crippen molar-refractivity contribution in [3.63, 3.8) is 0 Å². The molecule has 0 saturated carbocycles. The minimum Gasteiger partial charge on any atom is -0.457 e. The number of aliphatic imine (C=N–C) groups is 1. The summed E-state index contributed by atoms with van der Waals surface area (Å²) in [5.74, 6) is 2.55. The molecule has 2 heterocycles. The van der Waals surface area contributed by atoms with Gasteiger partial charge >= 0.3 is 0 Å². The van der Waals surface area contributed by atoms with Crippen LogP contribution in [0.2, 0.25) is 0 Å². The van der Waals surface area contributed by atoms with E-state index in [1.54, 1.807) is 16.7 Å². The molecule has 4 rings (SSSR count). The fourth-order valence-corrected chi connectivity index (χ4v) is 3.85. The molecule has 0 unspecified atom stereocenters. The van der Waals surface area contributed by atoms with Crippen LogP contribution in [-0.2, 0) is 4.79 Å². The molecule has 0 N–H and O–H groups in total. The number of thioether (sulfide) groups is 1. The average molecular weight is 350 g/mol. The molecule has 2 aliphatic rings. The molecule has 126 valence electrons. The van der Waals surface area contributed by atoms with Gasteiger partial charge in [-0.1, -0.05) is 42.1 Å². The van der Waals surface area contributed by atoms with Gasteiger partial charge in [0.15, 0.2) is 5.17 Å². The van der Waals surface area contributed by atoms with Gasteiger partial charge in [0.2, 0.25) is 0 Å². The lowest BCUT2D eigenvalue weighted by Crippen LogP contribution is -2.30. The fourth-order valence-electron chi connectivity index (χ4n) is 2.82. The summed E-state index contributed by atoms with van der Waals surface area (Å²) < 4.78 is 5.86. The summed E-state index contributed by atoms with van der Waals surface area (Å²) in [7, 11) is 0. The van der Waals surface area contributed by atoms with E-state index < -0.39 is 0 Å². The maximum Gasteiger partial charge on any atom is 0.278 e. The Kier molecular flexibility index (Phi) is 4.57. The van der Waals surface area contributed by atoms with Gasteiger partial charge in [-0.25, -0.2) is 4.99 Å². The predicted octanol–water partition coefficient (Wildman–Crippen LogP) is 4.55. The molecule has 0 radical (unpaired) electrons. The number of hydrogen-bond acceptors (Lipinski definition) is 4. The number of fused-ring (bicyclic) bond motifs is 1. The normalized spacial score (nSPS) is 18.7. The molecule has 1 saturated heterocycles. The third-order valence-corrected chi connectivity index (χ3v) is 5.12. The number of para-hydroxylation sites is 1. The number of hydrogen-bond donors (Lipinski definition) is 0. The lowest BCUT2D eigenvalue weighted by molar-refractivity contribution is -0.122. The maximum absolute atomic E-state index is 12.6. The van der Waals surface area contributed by atoms with Crippen molar-refractivity contribution in [1.82, 2.24) is 4.90 Å². The summed E-state index contributed by atoms with van der Waals surface area (Å²) in [5, 5.41) is 0.838. The largest absolute Gasteiger partial charge is 0.457 e. The predicted molar refractivity (Wildman–Crippen MR) is 102 cm³/mol. The minimum atomic E-state index is -0.00113. The highest BCUT2D eigenvalue weighted by Crippen LogP contribution is 2.28. The number of rotatable bonds is 3. The Hall–Kier alpha value is -2.53. The van der Waals surface area contributed by atoms with Crippen molar-refractivity contribution >= 4 is 28.9 Å². The molecule has 2 aromatic carbocycles. The molecule has 25 heavy (non-hydrogen) atoms. The van der Waals surface area contributed by atoms with Crippen LogP contribution in [-0.4, -0.2) is 28.3 Å². The maximum atomic E-state index is 12.6. The van der Waals surface area contributed by atoms with Gasteiger partial charge in [0.25, 0.3) is 5.91 Å². The van der Waals surface area contributed by atoms with Crippen molar-refractivity contribution in [2.45, 2.75) is 12.8 Å². The van der Waals surface area contributed by atoms with E-state index in [0.29, 0.717) is 5.70 Å². The Balaban J connectivity index is 1.57. The highest BCUT2D eigenvalue weighted by atomic mass is 32.2. The van der Waals surface area contributed by atoms with E-state index >= 15 is 0 Å². The summed E-state index contributed by atoms with van der Waals surface area (Å²) in [6, 6.07) is 17.3. The van der Waals surface area contributed by atoms with Gasteiger partial charge in [-0.15, -0.1) is 0 Å². The van der Waals surface area contributed by atoms with Crippen molar-refractivity contribution in [2.75, 3.05) is 12.3 Å². The number of carbonyl (C=O) groups is 1. The zero-order chi connectivity index (χ0) is 17.1. The summed E-state index contributed by atoms with van der Waals surface area (Å²) in [5.41, 5.74) is 1.41. The lowest BCUT2D eigenvalue weighted by atomic mass is 10.1. The average Bonchev–Trinajstić information content (AvgIpc) is 2.80. The van der Waals surface area contributed by atoms with Gasteiger partial charge in [0.1, 0.15) is 17.2 Å². The molecule has 4 nitrogen and oxygen atoms in total. The third-order valence-electron chi connectivity index (χ3n) is 4.06. The van der Waals surface area contributed by atoms with Gasteiger partial charge < -0.3 is 4.74 Å². The van der Waals surface area contributed by atoms with E-state index in [0.717, 1.165) is 47.4 Å². The first-order valence-corrected chi connectivity index (χ1v) is 9.36. The first-order chi connectivity index (χ1) is 12.3. The molecule has 0 atom stereocenters. The number of benzene rings is 2. The first kappa shape index (κ1) is 16.0. The molecular formula is C20H18N2O2S. The fraction of sp³-hybridized carbons (Fsp3) is 0.200. The molecule has 2 aliphatic heterocycles. The van der Waals surface area contributed by atoms with Crippen molar-refractivity contribution in [3.8, 4) is 11.5 Å². The minimum absolute atomic E-state index is 0.00113. The second-order valence-electron chi connectivity index (χ2n) is 5.92. The van der Waals surface area contributed by atoms with Crippen LogP contribution in [0.1, 0.15) is 18.4 Å². The van der Waals surface area contributed by atoms with E-state index in [1.807, 2.05) is 60.7 Å². The number of carbonyl (C=O) groups excluding carboxylic acids is 1. The van der Waals surface area contributed by atoms with Gasteiger partial charge in [-0.2, -0.15) is 0 Å². The topological polar surface area (TPSA) is 41.9 Å². The Labute approximate surface area is 151 Å². The van der Waals surface area contributed by atoms with Crippen LogP contribution in [0, 0.1) is 0 Å². The van der Waals surface area contributed by atoms with Gasteiger partial charge in [0.05, 0.1) is 0 Å². The summed E-state index contributed by atoms with van der Waals surface area (Å²) in [4.78, 5) is 18.9. The smallest absolute Gasteiger partial charge is 0.278 e. The zero-order valence-corrected chi connectivity index (χ0v) is 14.5. The van der Waals surface area contributed by atoms with Crippen LogP contribution in [0.4, 0.5) is 0 Å². The van der Waals surface area contributed by atoms with Crippen LogP contribution in [0.15, 0.2) is 65.3 Å². The second kappa shape index (κ2) is 7.15. The first-order valence-electron chi connectivity index (χ1n) is 8.38. The second-order valence-corrected chi connectivity index (χ2v) is 6.99. The number of amidine groups is 1. The molecule has 1 amide bonds. The highest BCUT2D eigenvalue weighted by molar-refractivity contribution is 8.13. The molecular weight excluding hydrogens is 332 g/mol. The summed E-state index contributed by atoms with van der Waals surface area (Å²) in [6.07, 6.45) is 4.00. The molecule has 1 fully saturated rings. The van der Waals surface area contributed by atoms with E-state index in [4.69, 9.17) is 4.74 Å². The Morgan fingerprint density at radius 1 is 1.04 bits per heavy atom. The summed E-state index contributed by atoms with van der Waals surface area (Å²) >= 11 is 1.67. The molecule has 0 aromatic heterocycles. The molecule has 2 aromatic rings. The number of ether oxygens (including phenoxy) is 1. The molecule has 5 heteroatoms. The third kappa shape index (κ3) is 3.61. The van der Waals surface area contributed by atoms with Crippen LogP contribution in [0.5, 0.6) is 11.5 Å². The highest BCUT2D eigenvalue weighted by Gasteiger charge is 2.31. The van der Waals surface area contributed by atoms with Crippen LogP contribution >= 0.6 is 11.8 Å². The number of amides is 1. The quantitative estimate of drug-likeness (QED) is 0.763. The van der Waals surface area contributed by atoms with E-state index in [-0.39, 0.29) is 5.91 Å². The van der Waals surface area contributed by atoms with Gasteiger partial charge in [-0.05, 0) is 48.7 Å². The number of nitrogens with zero attached hydrogens (tertiary/aromatic N) is 2. The van der Waals surface area contributed by atoms with E-state index in [2.05, 4.69) is 4.99 Å². The molecule has 0 spiro atoms. The van der Waals surface area contributed by atoms with Crippen molar-refractivity contribution < 1.29 is 9.53 Å². The lowest BCUT2D eigenvalue weighted by Gasteiger charge is -2.13. The zero-order valence-electron chi connectivity index (χ0n) is 13.7. The van der Waals surface area contributed by atoms with Gasteiger partial charge in [-0.3, -0.25) is 9.69 Å². The molecule has 0 bridgehead atoms. The van der Waals surface area contributed by atoms with Gasteiger partial charge in [0, 0.05) is 12.3 Å². The van der Waals surface area contributed by atoms with E-state index in [9.17, 15) is 4.79 Å². The summed E-state index contributed by atoms with van der Waals surface area (Å²) in [6.45, 7) is 0.763. The standard InChI is InChI=1S/C20H18N2O2S/c23-19-18(21-20-22(19)11-4-5-12-25-20)14-15-7-6-10-17(13-15)24-16-8-2-1-3-9-16/h1-3,6-10,13-14H,4-5,11-12H2/b18-14-. The Morgan fingerprint density at radius 3 is 2.76 bits per heavy atom.